The molecule has 0 bridgehead atoms. The summed E-state index contributed by atoms with van der Waals surface area (Å²) in [5, 5.41) is 0. The topological polar surface area (TPSA) is 29.3 Å². The van der Waals surface area contributed by atoms with Gasteiger partial charge < -0.3 is 10.6 Å². The molecule has 96 valence electrons. The minimum atomic E-state index is 0.586. The standard InChI is InChI=1S/C14H24N2S/c1-12(9-11-17-3)16(2)14-6-4-13(5-7-14)8-10-15/h4-7,12H,8-11,15H2,1-3H3. The molecule has 0 amide bonds. The SMILES string of the molecule is CSCCC(C)N(C)c1ccc(CCN)cc1. The van der Waals surface area contributed by atoms with Crippen LogP contribution in [0.1, 0.15) is 18.9 Å². The van der Waals surface area contributed by atoms with Gasteiger partial charge in [0.25, 0.3) is 0 Å². The minimum absolute atomic E-state index is 0.586. The highest BCUT2D eigenvalue weighted by atomic mass is 32.2. The second-order valence-electron chi connectivity index (χ2n) is 4.45. The molecule has 1 aromatic rings. The molecule has 2 nitrogen and oxygen atoms in total. The van der Waals surface area contributed by atoms with Crippen molar-refractivity contribution in [2.75, 3.05) is 30.5 Å². The summed E-state index contributed by atoms with van der Waals surface area (Å²) >= 11 is 1.91. The van der Waals surface area contributed by atoms with E-state index < -0.39 is 0 Å². The van der Waals surface area contributed by atoms with Gasteiger partial charge in [-0.25, -0.2) is 0 Å². The van der Waals surface area contributed by atoms with Crippen molar-refractivity contribution in [2.45, 2.75) is 25.8 Å². The third-order valence-electron chi connectivity index (χ3n) is 3.18. The molecule has 0 fully saturated rings. The first-order valence-electron chi connectivity index (χ1n) is 6.19. The van der Waals surface area contributed by atoms with Crippen LogP contribution in [0.15, 0.2) is 24.3 Å². The molecule has 1 aromatic carbocycles. The quantitative estimate of drug-likeness (QED) is 0.809. The summed E-state index contributed by atoms with van der Waals surface area (Å²) in [5.74, 6) is 1.22. The molecule has 0 aliphatic carbocycles. The molecule has 0 aliphatic rings. The zero-order valence-electron chi connectivity index (χ0n) is 11.1. The van der Waals surface area contributed by atoms with Crippen molar-refractivity contribution in [1.29, 1.82) is 0 Å². The number of hydrogen-bond acceptors (Lipinski definition) is 3. The molecule has 0 radical (unpaired) electrons. The Hall–Kier alpha value is -0.670. The second-order valence-corrected chi connectivity index (χ2v) is 5.43. The van der Waals surface area contributed by atoms with Gasteiger partial charge in [-0.1, -0.05) is 12.1 Å². The molecule has 0 aliphatic heterocycles. The molecule has 1 rings (SSSR count). The predicted octanol–water partition coefficient (Wildman–Crippen LogP) is 2.77. The first-order chi connectivity index (χ1) is 8.19. The molecule has 0 spiro atoms. The van der Waals surface area contributed by atoms with Crippen LogP contribution in [0, 0.1) is 0 Å². The van der Waals surface area contributed by atoms with Crippen LogP contribution in [0.3, 0.4) is 0 Å². The molecule has 1 unspecified atom stereocenters. The van der Waals surface area contributed by atoms with Gasteiger partial charge in [0.1, 0.15) is 0 Å². The third-order valence-corrected chi connectivity index (χ3v) is 3.82. The van der Waals surface area contributed by atoms with Gasteiger partial charge >= 0.3 is 0 Å². The van der Waals surface area contributed by atoms with Crippen LogP contribution in [-0.2, 0) is 6.42 Å². The third kappa shape index (κ3) is 4.60. The summed E-state index contributed by atoms with van der Waals surface area (Å²) < 4.78 is 0. The lowest BCUT2D eigenvalue weighted by molar-refractivity contribution is 0.669. The van der Waals surface area contributed by atoms with E-state index in [-0.39, 0.29) is 0 Å². The van der Waals surface area contributed by atoms with Gasteiger partial charge in [-0.15, -0.1) is 0 Å². The molecule has 2 N–H and O–H groups in total. The average Bonchev–Trinajstić information content (AvgIpc) is 2.36. The van der Waals surface area contributed by atoms with Crippen LogP contribution in [-0.4, -0.2) is 31.6 Å². The van der Waals surface area contributed by atoms with Gasteiger partial charge in [0.15, 0.2) is 0 Å². The maximum Gasteiger partial charge on any atom is 0.0366 e. The van der Waals surface area contributed by atoms with E-state index in [0.717, 1.165) is 13.0 Å². The van der Waals surface area contributed by atoms with E-state index in [0.29, 0.717) is 6.04 Å². The van der Waals surface area contributed by atoms with E-state index in [2.05, 4.69) is 49.4 Å². The normalized spacial score (nSPS) is 12.5. The Labute approximate surface area is 110 Å². The van der Waals surface area contributed by atoms with Gasteiger partial charge in [-0.3, -0.25) is 0 Å². The highest BCUT2D eigenvalue weighted by Gasteiger charge is 2.09. The lowest BCUT2D eigenvalue weighted by Gasteiger charge is -2.27. The van der Waals surface area contributed by atoms with Crippen molar-refractivity contribution < 1.29 is 0 Å². The second kappa shape index (κ2) is 7.62. The van der Waals surface area contributed by atoms with E-state index in [1.807, 2.05) is 11.8 Å². The largest absolute Gasteiger partial charge is 0.372 e. The molecular formula is C14H24N2S. The molecular weight excluding hydrogens is 228 g/mol. The summed E-state index contributed by atoms with van der Waals surface area (Å²) in [7, 11) is 2.17. The van der Waals surface area contributed by atoms with Crippen molar-refractivity contribution in [3.05, 3.63) is 29.8 Å². The van der Waals surface area contributed by atoms with Crippen LogP contribution in [0.5, 0.6) is 0 Å². The summed E-state index contributed by atoms with van der Waals surface area (Å²) in [6.07, 6.45) is 4.35. The predicted molar refractivity (Wildman–Crippen MR) is 80.1 cm³/mol. The molecule has 0 saturated heterocycles. The monoisotopic (exact) mass is 252 g/mol. The molecule has 0 heterocycles. The van der Waals surface area contributed by atoms with Gasteiger partial charge in [0.2, 0.25) is 0 Å². The van der Waals surface area contributed by atoms with E-state index in [1.165, 1.54) is 23.4 Å². The summed E-state index contributed by atoms with van der Waals surface area (Å²) in [5.41, 5.74) is 8.16. The van der Waals surface area contributed by atoms with Crippen LogP contribution in [0.4, 0.5) is 5.69 Å². The van der Waals surface area contributed by atoms with Crippen molar-refractivity contribution in [1.82, 2.24) is 0 Å². The fourth-order valence-electron chi connectivity index (χ4n) is 1.80. The van der Waals surface area contributed by atoms with E-state index in [4.69, 9.17) is 5.73 Å². The maximum atomic E-state index is 5.55. The molecule has 0 aromatic heterocycles. The number of hydrogen-bond donors (Lipinski definition) is 1. The van der Waals surface area contributed by atoms with Crippen LogP contribution in [0.25, 0.3) is 0 Å². The highest BCUT2D eigenvalue weighted by Crippen LogP contribution is 2.18. The number of anilines is 1. The smallest absolute Gasteiger partial charge is 0.0366 e. The highest BCUT2D eigenvalue weighted by molar-refractivity contribution is 7.98. The summed E-state index contributed by atoms with van der Waals surface area (Å²) in [4.78, 5) is 2.35. The first-order valence-corrected chi connectivity index (χ1v) is 7.59. The molecule has 1 atom stereocenters. The minimum Gasteiger partial charge on any atom is -0.372 e. The van der Waals surface area contributed by atoms with E-state index >= 15 is 0 Å². The van der Waals surface area contributed by atoms with Crippen molar-refractivity contribution >= 4 is 17.4 Å². The van der Waals surface area contributed by atoms with Gasteiger partial charge in [0, 0.05) is 18.8 Å². The summed E-state index contributed by atoms with van der Waals surface area (Å²) in [6, 6.07) is 9.34. The lowest BCUT2D eigenvalue weighted by atomic mass is 10.1. The van der Waals surface area contributed by atoms with E-state index in [9.17, 15) is 0 Å². The van der Waals surface area contributed by atoms with Gasteiger partial charge in [0.05, 0.1) is 0 Å². The first kappa shape index (κ1) is 14.4. The van der Waals surface area contributed by atoms with Crippen LogP contribution < -0.4 is 10.6 Å². The Balaban J connectivity index is 2.58. The molecule has 3 heteroatoms. The zero-order chi connectivity index (χ0) is 12.7. The van der Waals surface area contributed by atoms with Crippen molar-refractivity contribution in [3.63, 3.8) is 0 Å². The Bertz CT molecular complexity index is 311. The molecule has 17 heavy (non-hydrogen) atoms. The number of nitrogens with zero attached hydrogens (tertiary/aromatic N) is 1. The number of thioether (sulfide) groups is 1. The maximum absolute atomic E-state index is 5.55. The fourth-order valence-corrected chi connectivity index (χ4v) is 2.38. The van der Waals surface area contributed by atoms with Crippen molar-refractivity contribution in [3.8, 4) is 0 Å². The summed E-state index contributed by atoms with van der Waals surface area (Å²) in [6.45, 7) is 3.00. The number of rotatable bonds is 7. The van der Waals surface area contributed by atoms with Crippen LogP contribution in [0.2, 0.25) is 0 Å². The zero-order valence-corrected chi connectivity index (χ0v) is 12.0. The average molecular weight is 252 g/mol. The molecule has 0 saturated carbocycles. The Morgan fingerprint density at radius 3 is 2.47 bits per heavy atom. The Kier molecular flexibility index (Phi) is 6.45. The number of nitrogens with two attached hydrogens (primary N) is 1. The fraction of sp³-hybridized carbons (Fsp3) is 0.571. The van der Waals surface area contributed by atoms with Crippen molar-refractivity contribution in [2.24, 2.45) is 5.73 Å². The van der Waals surface area contributed by atoms with Gasteiger partial charge in [-0.05, 0) is 56.0 Å². The van der Waals surface area contributed by atoms with Gasteiger partial charge in [-0.2, -0.15) is 11.8 Å². The number of benzene rings is 1. The van der Waals surface area contributed by atoms with Crippen LogP contribution >= 0.6 is 11.8 Å². The lowest BCUT2D eigenvalue weighted by Crippen LogP contribution is -2.29. The van der Waals surface area contributed by atoms with E-state index in [1.54, 1.807) is 0 Å². The Morgan fingerprint density at radius 1 is 1.29 bits per heavy atom. The Morgan fingerprint density at radius 2 is 1.94 bits per heavy atom.